The minimum atomic E-state index is -0.439. The van der Waals surface area contributed by atoms with Crippen LogP contribution in [0, 0.1) is 10.1 Å². The van der Waals surface area contributed by atoms with Gasteiger partial charge in [-0.3, -0.25) is 15.2 Å². The van der Waals surface area contributed by atoms with Crippen molar-refractivity contribution < 1.29 is 4.92 Å². The van der Waals surface area contributed by atoms with Crippen molar-refractivity contribution in [1.82, 2.24) is 10.2 Å². The highest BCUT2D eigenvalue weighted by Crippen LogP contribution is 2.27. The van der Waals surface area contributed by atoms with Gasteiger partial charge >= 0.3 is 0 Å². The first kappa shape index (κ1) is 8.18. The van der Waals surface area contributed by atoms with E-state index >= 15 is 0 Å². The van der Waals surface area contributed by atoms with Crippen molar-refractivity contribution in [1.29, 1.82) is 0 Å². The molecule has 0 aliphatic rings. The fourth-order valence-corrected chi connectivity index (χ4v) is 1.65. The lowest BCUT2D eigenvalue weighted by Crippen LogP contribution is -1.87. The Balaban J connectivity index is 2.77. The average Bonchev–Trinajstić information content (AvgIpc) is 2.51. The largest absolute Gasteiger partial charge is 0.278 e. The summed E-state index contributed by atoms with van der Waals surface area (Å²) in [5, 5.41) is 17.8. The number of nitro groups is 1. The third kappa shape index (κ3) is 1.29. The molecule has 0 aliphatic carbocycles. The molecule has 0 radical (unpaired) electrons. The number of fused-ring (bicyclic) bond motifs is 1. The molecule has 0 bridgehead atoms. The fraction of sp³-hybridized carbons (Fsp3) is 0. The molecule has 6 heteroatoms. The Morgan fingerprint density at radius 1 is 1.54 bits per heavy atom. The van der Waals surface area contributed by atoms with E-state index in [-0.39, 0.29) is 5.69 Å². The van der Waals surface area contributed by atoms with E-state index in [9.17, 15) is 10.1 Å². The van der Waals surface area contributed by atoms with Crippen molar-refractivity contribution in [2.24, 2.45) is 0 Å². The Morgan fingerprint density at radius 3 is 3.00 bits per heavy atom. The molecule has 2 rings (SSSR count). The summed E-state index contributed by atoms with van der Waals surface area (Å²) < 4.78 is 0.672. The predicted molar refractivity (Wildman–Crippen MR) is 50.4 cm³/mol. The van der Waals surface area contributed by atoms with Gasteiger partial charge in [0, 0.05) is 22.0 Å². The first-order valence-corrected chi connectivity index (χ1v) is 4.25. The number of nitrogens with zero attached hydrogens (tertiary/aromatic N) is 2. The van der Waals surface area contributed by atoms with Gasteiger partial charge in [0.05, 0.1) is 16.6 Å². The van der Waals surface area contributed by atoms with Crippen LogP contribution in [0.2, 0.25) is 0 Å². The van der Waals surface area contributed by atoms with E-state index in [4.69, 9.17) is 0 Å². The number of H-pyrrole nitrogens is 1. The van der Waals surface area contributed by atoms with E-state index in [1.807, 2.05) is 0 Å². The maximum absolute atomic E-state index is 10.5. The van der Waals surface area contributed by atoms with Crippen LogP contribution in [-0.4, -0.2) is 15.1 Å². The fourth-order valence-electron chi connectivity index (χ4n) is 1.10. The lowest BCUT2D eigenvalue weighted by molar-refractivity contribution is -0.384. The summed E-state index contributed by atoms with van der Waals surface area (Å²) in [6, 6.07) is 2.91. The lowest BCUT2D eigenvalue weighted by atomic mass is 10.2. The Hall–Kier alpha value is -1.43. The number of aromatic nitrogens is 2. The van der Waals surface area contributed by atoms with Gasteiger partial charge in [0.15, 0.2) is 0 Å². The van der Waals surface area contributed by atoms with Crippen LogP contribution >= 0.6 is 15.9 Å². The zero-order valence-electron chi connectivity index (χ0n) is 6.32. The van der Waals surface area contributed by atoms with Gasteiger partial charge in [0.25, 0.3) is 5.69 Å². The van der Waals surface area contributed by atoms with E-state index in [0.717, 1.165) is 5.39 Å². The van der Waals surface area contributed by atoms with Crippen LogP contribution in [0.3, 0.4) is 0 Å². The molecule has 0 saturated heterocycles. The molecule has 0 spiro atoms. The average molecular weight is 242 g/mol. The van der Waals surface area contributed by atoms with Crippen molar-refractivity contribution in [3.63, 3.8) is 0 Å². The molecule has 0 aliphatic heterocycles. The summed E-state index contributed by atoms with van der Waals surface area (Å²) in [6.45, 7) is 0. The number of rotatable bonds is 1. The molecule has 0 atom stereocenters. The topological polar surface area (TPSA) is 71.8 Å². The van der Waals surface area contributed by atoms with Gasteiger partial charge in [-0.05, 0) is 15.9 Å². The van der Waals surface area contributed by atoms with Crippen molar-refractivity contribution >= 4 is 32.5 Å². The SMILES string of the molecule is O=[N+]([O-])c1cc(Br)c2cn[nH]c2c1. The minimum absolute atomic E-state index is 0.0450. The number of nitro benzene ring substituents is 1. The first-order chi connectivity index (χ1) is 6.18. The molecule has 1 heterocycles. The minimum Gasteiger partial charge on any atom is -0.278 e. The standard InChI is InChI=1S/C7H4BrN3O2/c8-6-1-4(11(12)13)2-7-5(6)3-9-10-7/h1-3H,(H,9,10). The summed E-state index contributed by atoms with van der Waals surface area (Å²) in [5.41, 5.74) is 0.699. The Morgan fingerprint density at radius 2 is 2.31 bits per heavy atom. The lowest BCUT2D eigenvalue weighted by Gasteiger charge is -1.93. The van der Waals surface area contributed by atoms with Gasteiger partial charge in [0.1, 0.15) is 0 Å². The van der Waals surface area contributed by atoms with Gasteiger partial charge in [0.2, 0.25) is 0 Å². The third-order valence-corrected chi connectivity index (χ3v) is 2.36. The molecule has 66 valence electrons. The van der Waals surface area contributed by atoms with Crippen molar-refractivity contribution in [3.05, 3.63) is 32.9 Å². The maximum Gasteiger partial charge on any atom is 0.272 e. The van der Waals surface area contributed by atoms with Gasteiger partial charge < -0.3 is 0 Å². The molecule has 0 unspecified atom stereocenters. The Bertz CT molecular complexity index is 480. The van der Waals surface area contributed by atoms with Crippen LogP contribution in [0.5, 0.6) is 0 Å². The predicted octanol–water partition coefficient (Wildman–Crippen LogP) is 2.23. The van der Waals surface area contributed by atoms with Crippen molar-refractivity contribution in [2.45, 2.75) is 0 Å². The Labute approximate surface area is 81.0 Å². The highest BCUT2D eigenvalue weighted by Gasteiger charge is 2.10. The maximum atomic E-state index is 10.5. The molecule has 1 N–H and O–H groups in total. The van der Waals surface area contributed by atoms with Crippen LogP contribution in [0.4, 0.5) is 5.69 Å². The summed E-state index contributed by atoms with van der Waals surface area (Å²) in [6.07, 6.45) is 1.61. The second kappa shape index (κ2) is 2.81. The number of nitrogens with one attached hydrogen (secondary N) is 1. The molecule has 13 heavy (non-hydrogen) atoms. The molecule has 2 aromatic rings. The summed E-state index contributed by atoms with van der Waals surface area (Å²) >= 11 is 3.23. The zero-order valence-corrected chi connectivity index (χ0v) is 7.91. The second-order valence-electron chi connectivity index (χ2n) is 2.52. The van der Waals surface area contributed by atoms with Crippen molar-refractivity contribution in [3.8, 4) is 0 Å². The monoisotopic (exact) mass is 241 g/mol. The normalized spacial score (nSPS) is 10.5. The molecular weight excluding hydrogens is 238 g/mol. The number of benzene rings is 1. The summed E-state index contributed by atoms with van der Waals surface area (Å²) in [4.78, 5) is 10.0. The number of halogens is 1. The number of hydrogen-bond acceptors (Lipinski definition) is 3. The molecule has 1 aromatic heterocycles. The highest BCUT2D eigenvalue weighted by molar-refractivity contribution is 9.10. The highest BCUT2D eigenvalue weighted by atomic mass is 79.9. The number of hydrogen-bond donors (Lipinski definition) is 1. The van der Waals surface area contributed by atoms with Gasteiger partial charge in [-0.1, -0.05) is 0 Å². The Kier molecular flexibility index (Phi) is 1.77. The quantitative estimate of drug-likeness (QED) is 0.615. The van der Waals surface area contributed by atoms with E-state index in [2.05, 4.69) is 26.1 Å². The van der Waals surface area contributed by atoms with E-state index in [0.29, 0.717) is 9.99 Å². The molecule has 1 aromatic carbocycles. The van der Waals surface area contributed by atoms with Gasteiger partial charge in [-0.15, -0.1) is 0 Å². The van der Waals surface area contributed by atoms with Crippen molar-refractivity contribution in [2.75, 3.05) is 0 Å². The smallest absolute Gasteiger partial charge is 0.272 e. The molecule has 0 saturated carbocycles. The van der Waals surface area contributed by atoms with Gasteiger partial charge in [-0.2, -0.15) is 5.10 Å². The first-order valence-electron chi connectivity index (χ1n) is 3.45. The molecule has 0 fully saturated rings. The summed E-state index contributed by atoms with van der Waals surface area (Å²) in [7, 11) is 0. The second-order valence-corrected chi connectivity index (χ2v) is 3.37. The van der Waals surface area contributed by atoms with Gasteiger partial charge in [-0.25, -0.2) is 0 Å². The van der Waals surface area contributed by atoms with Crippen LogP contribution in [0.15, 0.2) is 22.8 Å². The van der Waals surface area contributed by atoms with Crippen LogP contribution in [-0.2, 0) is 0 Å². The zero-order chi connectivity index (χ0) is 9.42. The van der Waals surface area contributed by atoms with E-state index < -0.39 is 4.92 Å². The summed E-state index contributed by atoms with van der Waals surface area (Å²) in [5.74, 6) is 0. The molecule has 5 nitrogen and oxygen atoms in total. The molecule has 0 amide bonds. The van der Waals surface area contributed by atoms with E-state index in [1.165, 1.54) is 12.1 Å². The molecular formula is C7H4BrN3O2. The third-order valence-electron chi connectivity index (χ3n) is 1.70. The van der Waals surface area contributed by atoms with Crippen LogP contribution in [0.1, 0.15) is 0 Å². The van der Waals surface area contributed by atoms with Crippen LogP contribution < -0.4 is 0 Å². The van der Waals surface area contributed by atoms with Crippen LogP contribution in [0.25, 0.3) is 10.9 Å². The number of non-ortho nitro benzene ring substituents is 1. The number of aromatic amines is 1. The van der Waals surface area contributed by atoms with E-state index in [1.54, 1.807) is 6.20 Å².